The number of hydrogen-bond donors (Lipinski definition) is 16. The molecule has 0 spiro atoms. The molecule has 36 heteroatoms. The summed E-state index contributed by atoms with van der Waals surface area (Å²) < 4.78 is 34.4. The third kappa shape index (κ3) is 27.9. The Morgan fingerprint density at radius 2 is 1.15 bits per heavy atom. The zero-order valence-corrected chi connectivity index (χ0v) is 80.1. The normalized spacial score (nSPS) is 25.2. The van der Waals surface area contributed by atoms with Crippen LogP contribution in [0.1, 0.15) is 221 Å². The number of ether oxygens (including phenoxy) is 6. The van der Waals surface area contributed by atoms with Crippen molar-refractivity contribution in [1.82, 2.24) is 42.5 Å². The number of fused-ring (bicyclic) bond motifs is 8. The summed E-state index contributed by atoms with van der Waals surface area (Å²) in [7, 11) is 0. The number of imide groups is 1. The highest BCUT2D eigenvalue weighted by Crippen LogP contribution is 2.60. The van der Waals surface area contributed by atoms with Crippen LogP contribution in [0.15, 0.2) is 95.0 Å². The number of carbonyl (C=O) groups excluding carboxylic acids is 11. The molecular formula is C101H142N14O22. The number of benzene rings is 4. The fourth-order valence-corrected chi connectivity index (χ4v) is 20.9. The standard InChI is InChI=1S/C101H142N14O22/c1-62(2)85(93(128)109-74(25-17-46-106-97(102)131)90(125)110-75(59-116)92(127)107-69-35-32-66-34-37-80-99(5,71(66)57-69)42-19-44-101(80,7)96(130)113-95(129)100(6)43-18-41-98(4)70-56-63(3)28-29-65(70)33-36-79(98)100)112-91(126)73(24-15-16-45-104-83(120)61-136-77-27-10-8-9-23-72(86(77)114-103)111-94-89(124)88(123)87(122)78(60-117)137-94)108-82(119)40-48-132-50-52-134-54-55-135-53-51-133-49-47-105-81(118)38-39-84(121)115-58-68-22-12-11-20-64(68)30-31-67-21-13-14-26-76(67)115/h11-14,20-22,26,28-29,32,35,56-57,62,73-75,77-80,85,87-89,94,116-117,122-124H,8-10,15-19,23-25,27,33-34,36-55,58-61,103H2,1-7H3,(H,104,120)(H,105,118)(H,107,127)(H,108,119)(H,109,128)(H,110,125)(H,112,126)(H3,102,106,131)(H,113,129,130)/t73-,74+,75+,77?,78-,79-,80-,85+,87+,88+,89-,94-,98-,99-,100+,101+/m1/s1. The number of anilines is 2. The average molecular weight is 1900 g/mol. The number of nitrogens with zero attached hydrogens (tertiary/aromatic N) is 3. The van der Waals surface area contributed by atoms with Crippen molar-refractivity contribution in [2.45, 2.75) is 274 Å². The minimum absolute atomic E-state index is 0.00208. The van der Waals surface area contributed by atoms with Gasteiger partial charge in [0, 0.05) is 55.7 Å². The SMILES string of the molecule is Cc1ccc2c(c1)[C@@]1(C)CCC[C@](C)(C(=O)NC(=O)[C@@]3(C)CCC[C@]4(C)c5cc(NC(=O)[C@H](CO)NC(=O)[C@H](CCCNC(N)=O)NC(=O)[C@@H](NC(=O)[C@@H](CCCCNC(=O)COC6CCCCCC(=N[C@@H]7O[C@H](CO)[C@H](O)[C@H](O)[C@H]7O)C6=NN)NC(=O)CCOCCOCCOCCOCCNC(=O)CCC(=O)N6Cc7ccccc7C#Cc7ccccc76)C(C)C)ccc5CC[C@@H]34)[C@@H]1CC2. The smallest absolute Gasteiger partial charge is 0.312 e. The van der Waals surface area contributed by atoms with E-state index in [0.717, 1.165) is 66.3 Å². The van der Waals surface area contributed by atoms with Gasteiger partial charge in [-0.3, -0.25) is 58.3 Å². The molecule has 36 nitrogen and oxygen atoms in total. The molecule has 5 aliphatic carbocycles. The summed E-state index contributed by atoms with van der Waals surface area (Å²) in [6.45, 7) is 13.8. The molecule has 748 valence electrons. The first-order valence-electron chi connectivity index (χ1n) is 48.6. The molecule has 16 atom stereocenters. The van der Waals surface area contributed by atoms with Crippen molar-refractivity contribution >= 4 is 87.9 Å². The van der Waals surface area contributed by atoms with Gasteiger partial charge in [-0.25, -0.2) is 4.79 Å². The maximum atomic E-state index is 15.0. The van der Waals surface area contributed by atoms with Gasteiger partial charge in [-0.05, 0) is 196 Å². The van der Waals surface area contributed by atoms with E-state index in [1.807, 2.05) is 67.6 Å². The van der Waals surface area contributed by atoms with E-state index in [1.54, 1.807) is 24.8 Å². The number of unbranched alkanes of at least 4 members (excludes halogenated alkanes) is 1. The molecule has 3 saturated carbocycles. The zero-order chi connectivity index (χ0) is 98.6. The lowest BCUT2D eigenvalue weighted by Crippen LogP contribution is -2.60. The highest BCUT2D eigenvalue weighted by molar-refractivity contribution is 6.44. The Balaban J connectivity index is 0.661. The Hall–Kier alpha value is -10.7. The minimum atomic E-state index is -1.68. The van der Waals surface area contributed by atoms with Crippen LogP contribution in [-0.2, 0) is 107 Å². The van der Waals surface area contributed by atoms with E-state index in [2.05, 4.69) is 116 Å². The number of amides is 12. The molecule has 2 aliphatic heterocycles. The second-order valence-electron chi connectivity index (χ2n) is 38.5. The van der Waals surface area contributed by atoms with Gasteiger partial charge in [0.05, 0.1) is 94.8 Å². The number of hydrazone groups is 1. The van der Waals surface area contributed by atoms with Crippen molar-refractivity contribution in [3.8, 4) is 11.8 Å². The number of carbonyl (C=O) groups is 11. The second kappa shape index (κ2) is 50.8. The third-order valence-electron chi connectivity index (χ3n) is 28.5. The number of aliphatic hydroxyl groups excluding tert-OH is 5. The van der Waals surface area contributed by atoms with Crippen molar-refractivity contribution in [1.29, 1.82) is 0 Å². The van der Waals surface area contributed by atoms with Crippen LogP contribution in [0, 0.1) is 47.3 Å². The highest BCUT2D eigenvalue weighted by Gasteiger charge is 2.59. The van der Waals surface area contributed by atoms with Gasteiger partial charge in [-0.15, -0.1) is 0 Å². The molecule has 4 aromatic rings. The summed E-state index contributed by atoms with van der Waals surface area (Å²) in [5.74, 6) is 6.12. The first kappa shape index (κ1) is 107. The van der Waals surface area contributed by atoms with Crippen molar-refractivity contribution < 1.29 is 107 Å². The fourth-order valence-electron chi connectivity index (χ4n) is 20.9. The van der Waals surface area contributed by atoms with Crippen LogP contribution in [0.3, 0.4) is 0 Å². The Morgan fingerprint density at radius 1 is 0.555 bits per heavy atom. The van der Waals surface area contributed by atoms with Gasteiger partial charge in [-0.2, -0.15) is 5.10 Å². The van der Waals surface area contributed by atoms with Crippen LogP contribution in [-0.4, -0.2) is 255 Å². The second-order valence-corrected chi connectivity index (χ2v) is 38.5. The fraction of sp³-hybridized carbons (Fsp3) is 0.614. The molecule has 1 saturated heterocycles. The first-order chi connectivity index (χ1) is 65.7. The number of rotatable bonds is 45. The Labute approximate surface area is 801 Å². The van der Waals surface area contributed by atoms with Gasteiger partial charge in [0.25, 0.3) is 0 Å². The number of nitrogens with one attached hydrogen (secondary N) is 9. The molecule has 1 unspecified atom stereocenters. The summed E-state index contributed by atoms with van der Waals surface area (Å²) in [5.41, 5.74) is 12.8. The lowest BCUT2D eigenvalue weighted by molar-refractivity contribution is -0.226. The van der Waals surface area contributed by atoms with Gasteiger partial charge >= 0.3 is 6.03 Å². The Bertz CT molecular complexity index is 5000. The number of primary amides is 1. The summed E-state index contributed by atoms with van der Waals surface area (Å²) >= 11 is 0. The Kier molecular flexibility index (Phi) is 39.6. The van der Waals surface area contributed by atoms with E-state index in [1.165, 1.54) is 16.7 Å². The topological polar surface area (TPSA) is 533 Å². The van der Waals surface area contributed by atoms with E-state index >= 15 is 4.79 Å². The quantitative estimate of drug-likeness (QED) is 0.00927. The summed E-state index contributed by atoms with van der Waals surface area (Å²) in [4.78, 5) is 160. The van der Waals surface area contributed by atoms with E-state index in [4.69, 9.17) is 40.0 Å². The molecule has 11 rings (SSSR count). The molecule has 7 aliphatic rings. The lowest BCUT2D eigenvalue weighted by Gasteiger charge is -2.56. The van der Waals surface area contributed by atoms with Crippen LogP contribution in [0.25, 0.3) is 0 Å². The maximum Gasteiger partial charge on any atom is 0.312 e. The molecule has 0 aromatic heterocycles. The predicted molar refractivity (Wildman–Crippen MR) is 511 cm³/mol. The van der Waals surface area contributed by atoms with Gasteiger partial charge < -0.3 is 113 Å². The minimum Gasteiger partial charge on any atom is -0.394 e. The number of nitrogens with two attached hydrogens (primary N) is 2. The molecule has 12 amide bonds. The number of aliphatic imine (C=N–C) groups is 1. The summed E-state index contributed by atoms with van der Waals surface area (Å²) in [5, 5.41) is 81.1. The van der Waals surface area contributed by atoms with E-state index in [-0.39, 0.29) is 176 Å². The maximum absolute atomic E-state index is 15.0. The van der Waals surface area contributed by atoms with Crippen molar-refractivity contribution in [3.05, 3.63) is 129 Å². The number of aliphatic hydroxyl groups is 5. The van der Waals surface area contributed by atoms with Crippen molar-refractivity contribution in [2.24, 2.45) is 50.3 Å². The van der Waals surface area contributed by atoms with Gasteiger partial charge in [0.1, 0.15) is 67.0 Å². The average Bonchev–Trinajstić information content (AvgIpc) is 0.718. The number of hydrogen-bond acceptors (Lipinski definition) is 25. The van der Waals surface area contributed by atoms with Gasteiger partial charge in [0.15, 0.2) is 6.23 Å². The molecule has 4 aromatic carbocycles. The molecule has 0 bridgehead atoms. The summed E-state index contributed by atoms with van der Waals surface area (Å²) in [6.07, 6.45) is 2.19. The van der Waals surface area contributed by atoms with Crippen molar-refractivity contribution in [2.75, 3.05) is 103 Å². The first-order valence-corrected chi connectivity index (χ1v) is 48.6. The molecule has 0 radical (unpaired) electrons. The lowest BCUT2D eigenvalue weighted by atomic mass is 9.49. The highest BCUT2D eigenvalue weighted by atomic mass is 16.6. The van der Waals surface area contributed by atoms with Crippen molar-refractivity contribution in [3.63, 3.8) is 0 Å². The van der Waals surface area contributed by atoms with Crippen LogP contribution in [0.4, 0.5) is 16.2 Å². The number of urea groups is 1. The molecule has 18 N–H and O–H groups in total. The number of aryl methyl sites for hydroxylation is 3. The van der Waals surface area contributed by atoms with E-state index in [9.17, 15) is 73.5 Å². The van der Waals surface area contributed by atoms with E-state index < -0.39 is 144 Å². The van der Waals surface area contributed by atoms with Crippen LogP contribution in [0.5, 0.6) is 0 Å². The van der Waals surface area contributed by atoms with E-state index in [0.29, 0.717) is 75.7 Å². The Morgan fingerprint density at radius 3 is 1.80 bits per heavy atom. The summed E-state index contributed by atoms with van der Waals surface area (Å²) in [6, 6.07) is 20.9. The van der Waals surface area contributed by atoms with Gasteiger partial charge in [-0.1, -0.05) is 139 Å². The largest absolute Gasteiger partial charge is 0.394 e. The molecule has 137 heavy (non-hydrogen) atoms. The zero-order valence-electron chi connectivity index (χ0n) is 80.1. The molecular weight excluding hydrogens is 1760 g/mol. The number of para-hydroxylation sites is 1. The molecule has 4 fully saturated rings. The van der Waals surface area contributed by atoms with Crippen LogP contribution >= 0.6 is 0 Å². The molecule has 2 heterocycles. The monoisotopic (exact) mass is 1900 g/mol. The van der Waals surface area contributed by atoms with Crippen LogP contribution in [0.2, 0.25) is 0 Å². The van der Waals surface area contributed by atoms with Crippen LogP contribution < -0.4 is 64.3 Å². The van der Waals surface area contributed by atoms with Gasteiger partial charge in [0.2, 0.25) is 59.1 Å². The predicted octanol–water partition coefficient (Wildman–Crippen LogP) is 4.82. The third-order valence-corrected chi connectivity index (χ3v) is 28.5.